The van der Waals surface area contributed by atoms with Crippen molar-refractivity contribution in [3.05, 3.63) is 0 Å². The lowest BCUT2D eigenvalue weighted by molar-refractivity contribution is -0.161. The van der Waals surface area contributed by atoms with Crippen LogP contribution in [0, 0.1) is 11.3 Å². The van der Waals surface area contributed by atoms with Crippen LogP contribution in [-0.2, 0) is 9.53 Å². The summed E-state index contributed by atoms with van der Waals surface area (Å²) in [4.78, 5) is 11.7. The summed E-state index contributed by atoms with van der Waals surface area (Å²) in [6, 6.07) is 0. The van der Waals surface area contributed by atoms with E-state index in [0.717, 1.165) is 12.8 Å². The molecule has 0 N–H and O–H groups in total. The predicted molar refractivity (Wildman–Crippen MR) is 52.4 cm³/mol. The molecule has 76 valence electrons. The lowest BCUT2D eigenvalue weighted by Gasteiger charge is -2.22. The maximum atomic E-state index is 11.7. The van der Waals surface area contributed by atoms with Gasteiger partial charge in [-0.1, -0.05) is 13.3 Å². The maximum absolute atomic E-state index is 11.7. The average Bonchev–Trinajstić information content (AvgIpc) is 2.60. The second-order valence-corrected chi connectivity index (χ2v) is 5.23. The van der Waals surface area contributed by atoms with E-state index in [1.54, 1.807) is 0 Å². The monoisotopic (exact) mass is 184 g/mol. The van der Waals surface area contributed by atoms with Gasteiger partial charge in [-0.15, -0.1) is 0 Å². The molecule has 0 amide bonds. The van der Waals surface area contributed by atoms with Crippen LogP contribution in [0.15, 0.2) is 0 Å². The highest BCUT2D eigenvalue weighted by Crippen LogP contribution is 2.55. The molecule has 0 aromatic heterocycles. The van der Waals surface area contributed by atoms with Crippen LogP contribution < -0.4 is 0 Å². The first-order valence-electron chi connectivity index (χ1n) is 5.03. The summed E-state index contributed by atoms with van der Waals surface area (Å²) in [6.45, 7) is 9.88. The lowest BCUT2D eigenvalue weighted by Crippen LogP contribution is -2.29. The number of rotatable bonds is 2. The van der Waals surface area contributed by atoms with Gasteiger partial charge in [0.2, 0.25) is 0 Å². The number of hydrogen-bond acceptors (Lipinski definition) is 2. The van der Waals surface area contributed by atoms with Crippen LogP contribution in [0.4, 0.5) is 0 Å². The van der Waals surface area contributed by atoms with Crippen LogP contribution in [0.3, 0.4) is 0 Å². The van der Waals surface area contributed by atoms with E-state index in [1.807, 2.05) is 27.7 Å². The Balaban J connectivity index is 2.51. The van der Waals surface area contributed by atoms with Gasteiger partial charge >= 0.3 is 5.97 Å². The SMILES string of the molecule is CCC1CC1(C)C(=O)OC(C)(C)C. The minimum absolute atomic E-state index is 0.0214. The van der Waals surface area contributed by atoms with Crippen LogP contribution in [0.1, 0.15) is 47.5 Å². The molecule has 13 heavy (non-hydrogen) atoms. The smallest absolute Gasteiger partial charge is 0.312 e. The molecule has 0 spiro atoms. The zero-order chi connectivity index (χ0) is 10.3. The van der Waals surface area contributed by atoms with Gasteiger partial charge in [-0.3, -0.25) is 4.79 Å². The first-order valence-corrected chi connectivity index (χ1v) is 5.03. The molecule has 1 fully saturated rings. The lowest BCUT2D eigenvalue weighted by atomic mass is 10.1. The number of carbonyl (C=O) groups is 1. The van der Waals surface area contributed by atoms with Crippen molar-refractivity contribution in [2.24, 2.45) is 11.3 Å². The summed E-state index contributed by atoms with van der Waals surface area (Å²) >= 11 is 0. The van der Waals surface area contributed by atoms with Crippen molar-refractivity contribution in [3.63, 3.8) is 0 Å². The molecule has 1 aliphatic rings. The van der Waals surface area contributed by atoms with E-state index in [0.29, 0.717) is 5.92 Å². The van der Waals surface area contributed by atoms with E-state index in [1.165, 1.54) is 0 Å². The average molecular weight is 184 g/mol. The van der Waals surface area contributed by atoms with Crippen molar-refractivity contribution in [1.82, 2.24) is 0 Å². The Hall–Kier alpha value is -0.530. The molecule has 1 rings (SSSR count). The second-order valence-electron chi connectivity index (χ2n) is 5.23. The summed E-state index contributed by atoms with van der Waals surface area (Å²) in [5, 5.41) is 0. The van der Waals surface area contributed by atoms with E-state index in [2.05, 4.69) is 6.92 Å². The van der Waals surface area contributed by atoms with E-state index < -0.39 is 0 Å². The number of hydrogen-bond donors (Lipinski definition) is 0. The van der Waals surface area contributed by atoms with Gasteiger partial charge in [0, 0.05) is 0 Å². The molecule has 2 atom stereocenters. The summed E-state index contributed by atoms with van der Waals surface area (Å²) in [5.41, 5.74) is -0.525. The normalized spacial score (nSPS) is 32.8. The van der Waals surface area contributed by atoms with Gasteiger partial charge in [-0.2, -0.15) is 0 Å². The van der Waals surface area contributed by atoms with Crippen LogP contribution >= 0.6 is 0 Å². The van der Waals surface area contributed by atoms with E-state index >= 15 is 0 Å². The maximum Gasteiger partial charge on any atom is 0.312 e. The topological polar surface area (TPSA) is 26.3 Å². The first kappa shape index (κ1) is 10.6. The van der Waals surface area contributed by atoms with Gasteiger partial charge in [0.25, 0.3) is 0 Å². The largest absolute Gasteiger partial charge is 0.460 e. The van der Waals surface area contributed by atoms with Crippen molar-refractivity contribution >= 4 is 5.97 Å². The van der Waals surface area contributed by atoms with Crippen molar-refractivity contribution < 1.29 is 9.53 Å². The third kappa shape index (κ3) is 2.23. The Bertz CT molecular complexity index is 215. The molecule has 1 saturated carbocycles. The minimum Gasteiger partial charge on any atom is -0.460 e. The molecule has 2 heteroatoms. The van der Waals surface area contributed by atoms with Gasteiger partial charge in [-0.25, -0.2) is 0 Å². The van der Waals surface area contributed by atoms with Gasteiger partial charge < -0.3 is 4.74 Å². The molecule has 0 saturated heterocycles. The predicted octanol–water partition coefficient (Wildman–Crippen LogP) is 2.76. The van der Waals surface area contributed by atoms with E-state index in [4.69, 9.17) is 4.74 Å². The molecule has 0 bridgehead atoms. The Kier molecular flexibility index (Phi) is 2.44. The Morgan fingerprint density at radius 3 is 2.38 bits per heavy atom. The molecule has 0 heterocycles. The summed E-state index contributed by atoms with van der Waals surface area (Å²) in [5.74, 6) is 0.522. The van der Waals surface area contributed by atoms with Gasteiger partial charge in [-0.05, 0) is 40.0 Å². The third-order valence-electron chi connectivity index (χ3n) is 2.77. The fraction of sp³-hybridized carbons (Fsp3) is 0.909. The zero-order valence-electron chi connectivity index (χ0n) is 9.31. The summed E-state index contributed by atoms with van der Waals surface area (Å²) < 4.78 is 5.36. The quantitative estimate of drug-likeness (QED) is 0.617. The van der Waals surface area contributed by atoms with Crippen LogP contribution in [0.2, 0.25) is 0 Å². The first-order chi connectivity index (χ1) is 5.79. The molecular formula is C11H20O2. The Morgan fingerprint density at radius 1 is 1.54 bits per heavy atom. The van der Waals surface area contributed by atoms with Crippen molar-refractivity contribution in [2.75, 3.05) is 0 Å². The number of carbonyl (C=O) groups excluding carboxylic acids is 1. The number of ether oxygens (including phenoxy) is 1. The highest BCUT2D eigenvalue weighted by molar-refractivity contribution is 5.80. The summed E-state index contributed by atoms with van der Waals surface area (Å²) in [7, 11) is 0. The molecule has 0 aromatic carbocycles. The van der Waals surface area contributed by atoms with Crippen LogP contribution in [0.5, 0.6) is 0 Å². The highest BCUT2D eigenvalue weighted by atomic mass is 16.6. The molecule has 2 nitrogen and oxygen atoms in total. The summed E-state index contributed by atoms with van der Waals surface area (Å²) in [6.07, 6.45) is 2.08. The van der Waals surface area contributed by atoms with Crippen molar-refractivity contribution in [1.29, 1.82) is 0 Å². The zero-order valence-corrected chi connectivity index (χ0v) is 9.31. The van der Waals surface area contributed by atoms with Crippen LogP contribution in [0.25, 0.3) is 0 Å². The molecular weight excluding hydrogens is 164 g/mol. The molecule has 0 radical (unpaired) electrons. The third-order valence-corrected chi connectivity index (χ3v) is 2.77. The van der Waals surface area contributed by atoms with Gasteiger partial charge in [0.15, 0.2) is 0 Å². The minimum atomic E-state index is -0.346. The van der Waals surface area contributed by atoms with Crippen LogP contribution in [-0.4, -0.2) is 11.6 Å². The fourth-order valence-corrected chi connectivity index (χ4v) is 1.69. The molecule has 2 unspecified atom stereocenters. The molecule has 0 aliphatic heterocycles. The van der Waals surface area contributed by atoms with E-state index in [-0.39, 0.29) is 17.0 Å². The molecule has 0 aromatic rings. The fourth-order valence-electron chi connectivity index (χ4n) is 1.69. The van der Waals surface area contributed by atoms with Crippen molar-refractivity contribution in [3.8, 4) is 0 Å². The van der Waals surface area contributed by atoms with Gasteiger partial charge in [0.05, 0.1) is 5.41 Å². The Labute approximate surface area is 80.7 Å². The number of esters is 1. The Morgan fingerprint density at radius 2 is 2.08 bits per heavy atom. The molecule has 1 aliphatic carbocycles. The van der Waals surface area contributed by atoms with E-state index in [9.17, 15) is 4.79 Å². The highest BCUT2D eigenvalue weighted by Gasteiger charge is 2.56. The standard InChI is InChI=1S/C11H20O2/c1-6-8-7-11(8,5)9(12)13-10(2,3)4/h8H,6-7H2,1-5H3. The van der Waals surface area contributed by atoms with Crippen molar-refractivity contribution in [2.45, 2.75) is 53.1 Å². The van der Waals surface area contributed by atoms with Gasteiger partial charge in [0.1, 0.15) is 5.60 Å². The second kappa shape index (κ2) is 3.00.